The van der Waals surface area contributed by atoms with Gasteiger partial charge in [-0.05, 0) is 31.9 Å². The van der Waals surface area contributed by atoms with E-state index in [0.29, 0.717) is 18.0 Å². The van der Waals surface area contributed by atoms with E-state index in [-0.39, 0.29) is 19.6 Å². The van der Waals surface area contributed by atoms with Gasteiger partial charge in [-0.25, -0.2) is 9.59 Å². The summed E-state index contributed by atoms with van der Waals surface area (Å²) in [6, 6.07) is 6.50. The Hall–Kier alpha value is -1.75. The molecule has 1 atom stereocenters. The number of nitrogens with zero attached hydrogens (tertiary/aromatic N) is 1. The Morgan fingerprint density at radius 3 is 2.35 bits per heavy atom. The maximum absolute atomic E-state index is 12.4. The lowest BCUT2D eigenvalue weighted by molar-refractivity contribution is -0.149. The Kier molecular flexibility index (Phi) is 8.48. The summed E-state index contributed by atoms with van der Waals surface area (Å²) < 4.78 is 10.2. The number of carbonyl (C=O) groups excluding carboxylic acids is 2. The van der Waals surface area contributed by atoms with Crippen LogP contribution in [-0.4, -0.2) is 42.8 Å². The fraction of sp³-hybridized carbons (Fsp3) is 0.529. The van der Waals surface area contributed by atoms with Crippen LogP contribution in [0.2, 0.25) is 5.02 Å². The summed E-state index contributed by atoms with van der Waals surface area (Å²) in [7, 11) is 0. The van der Waals surface area contributed by atoms with Crippen molar-refractivity contribution in [3.8, 4) is 0 Å². The zero-order valence-electron chi connectivity index (χ0n) is 13.9. The molecular formula is C17H24ClNO4. The molecule has 1 aromatic rings. The molecule has 0 fully saturated rings. The Labute approximate surface area is 142 Å². The van der Waals surface area contributed by atoms with Gasteiger partial charge < -0.3 is 9.47 Å². The minimum atomic E-state index is -0.756. The molecule has 0 spiro atoms. The molecule has 1 aromatic carbocycles. The molecule has 0 bridgehead atoms. The molecule has 5 nitrogen and oxygen atoms in total. The molecule has 0 saturated heterocycles. The smallest absolute Gasteiger partial charge is 0.410 e. The van der Waals surface area contributed by atoms with E-state index in [0.717, 1.165) is 5.56 Å². The number of esters is 1. The molecule has 0 saturated carbocycles. The molecule has 1 amide bonds. The lowest BCUT2D eigenvalue weighted by Crippen LogP contribution is -2.47. The van der Waals surface area contributed by atoms with Crippen LogP contribution in [0.5, 0.6) is 0 Å². The topological polar surface area (TPSA) is 55.8 Å². The summed E-state index contributed by atoms with van der Waals surface area (Å²) in [5.74, 6) is -0.450. The van der Waals surface area contributed by atoms with Crippen LogP contribution in [0.25, 0.3) is 0 Å². The number of ether oxygens (including phenoxy) is 2. The highest BCUT2D eigenvalue weighted by atomic mass is 35.5. The zero-order chi connectivity index (χ0) is 17.2. The van der Waals surface area contributed by atoms with Crippen LogP contribution in [0.3, 0.4) is 0 Å². The monoisotopic (exact) mass is 341 g/mol. The van der Waals surface area contributed by atoms with Gasteiger partial charge in [-0.1, -0.05) is 36.7 Å². The number of halogens is 1. The van der Waals surface area contributed by atoms with Crippen LogP contribution in [0.15, 0.2) is 24.3 Å². The number of hydrogen-bond donors (Lipinski definition) is 0. The van der Waals surface area contributed by atoms with Gasteiger partial charge >= 0.3 is 12.1 Å². The van der Waals surface area contributed by atoms with Crippen LogP contribution >= 0.6 is 11.6 Å². The normalized spacial score (nSPS) is 11.7. The second kappa shape index (κ2) is 10.1. The van der Waals surface area contributed by atoms with Crippen LogP contribution in [-0.2, 0) is 20.7 Å². The van der Waals surface area contributed by atoms with Gasteiger partial charge in [0.2, 0.25) is 0 Å². The highest BCUT2D eigenvalue weighted by Gasteiger charge is 2.32. The van der Waals surface area contributed by atoms with Crippen molar-refractivity contribution < 1.29 is 19.1 Å². The summed E-state index contributed by atoms with van der Waals surface area (Å²) >= 11 is 6.19. The van der Waals surface area contributed by atoms with E-state index in [1.807, 2.05) is 25.1 Å². The highest BCUT2D eigenvalue weighted by Crippen LogP contribution is 2.20. The molecule has 0 aliphatic rings. The lowest BCUT2D eigenvalue weighted by Gasteiger charge is -2.29. The van der Waals surface area contributed by atoms with Gasteiger partial charge in [-0.15, -0.1) is 0 Å². The Bertz CT molecular complexity index is 521. The second-order valence-electron chi connectivity index (χ2n) is 4.96. The summed E-state index contributed by atoms with van der Waals surface area (Å²) in [5.41, 5.74) is 0.789. The molecule has 0 radical (unpaired) electrons. The summed E-state index contributed by atoms with van der Waals surface area (Å²) in [4.78, 5) is 26.0. The third-order valence-corrected chi connectivity index (χ3v) is 3.64. The molecule has 1 rings (SSSR count). The molecule has 1 unspecified atom stereocenters. The van der Waals surface area contributed by atoms with Crippen molar-refractivity contribution in [2.24, 2.45) is 0 Å². The van der Waals surface area contributed by atoms with Crippen LogP contribution in [0.1, 0.15) is 32.8 Å². The van der Waals surface area contributed by atoms with Gasteiger partial charge in [0.25, 0.3) is 0 Å². The van der Waals surface area contributed by atoms with Gasteiger partial charge in [0.15, 0.2) is 0 Å². The first-order valence-corrected chi connectivity index (χ1v) is 8.26. The van der Waals surface area contributed by atoms with Crippen molar-refractivity contribution in [1.82, 2.24) is 4.90 Å². The number of carbonyl (C=O) groups is 2. The fourth-order valence-corrected chi connectivity index (χ4v) is 2.47. The molecule has 0 aliphatic heterocycles. The Balaban J connectivity index is 3.08. The zero-order valence-corrected chi connectivity index (χ0v) is 14.6. The lowest BCUT2D eigenvalue weighted by atomic mass is 10.0. The first kappa shape index (κ1) is 19.3. The minimum Gasteiger partial charge on any atom is -0.464 e. The molecule has 0 N–H and O–H groups in total. The highest BCUT2D eigenvalue weighted by molar-refractivity contribution is 6.31. The maximum atomic E-state index is 12.4. The molecular weight excluding hydrogens is 318 g/mol. The van der Waals surface area contributed by atoms with Gasteiger partial charge in [0.1, 0.15) is 6.04 Å². The maximum Gasteiger partial charge on any atom is 0.410 e. The number of benzene rings is 1. The molecule has 0 aromatic heterocycles. The SMILES string of the molecule is CCCN(C(=O)OCC)C(Cc1ccccc1Cl)C(=O)OCC. The second-order valence-corrected chi connectivity index (χ2v) is 5.36. The van der Waals surface area contributed by atoms with E-state index >= 15 is 0 Å². The average molecular weight is 342 g/mol. The summed E-state index contributed by atoms with van der Waals surface area (Å²) in [6.07, 6.45) is 0.480. The van der Waals surface area contributed by atoms with E-state index in [1.54, 1.807) is 19.9 Å². The summed E-state index contributed by atoms with van der Waals surface area (Å²) in [6.45, 7) is 6.31. The van der Waals surface area contributed by atoms with Crippen LogP contribution in [0, 0.1) is 0 Å². The molecule has 128 valence electrons. The first-order chi connectivity index (χ1) is 11.0. The number of rotatable bonds is 8. The molecule has 0 heterocycles. The number of hydrogen-bond acceptors (Lipinski definition) is 4. The molecule has 23 heavy (non-hydrogen) atoms. The van der Waals surface area contributed by atoms with Gasteiger partial charge in [0, 0.05) is 18.0 Å². The quantitative estimate of drug-likeness (QED) is 0.677. The summed E-state index contributed by atoms with van der Waals surface area (Å²) in [5, 5.41) is 0.558. The predicted molar refractivity (Wildman–Crippen MR) is 89.6 cm³/mol. The number of amides is 1. The van der Waals surface area contributed by atoms with E-state index in [9.17, 15) is 9.59 Å². The van der Waals surface area contributed by atoms with Crippen LogP contribution < -0.4 is 0 Å². The fourth-order valence-electron chi connectivity index (χ4n) is 2.25. The van der Waals surface area contributed by atoms with Crippen molar-refractivity contribution in [2.75, 3.05) is 19.8 Å². The largest absolute Gasteiger partial charge is 0.464 e. The van der Waals surface area contributed by atoms with Crippen molar-refractivity contribution in [1.29, 1.82) is 0 Å². The van der Waals surface area contributed by atoms with Crippen molar-refractivity contribution in [3.05, 3.63) is 34.9 Å². The third kappa shape index (κ3) is 5.75. The Morgan fingerprint density at radius 2 is 1.78 bits per heavy atom. The Morgan fingerprint density at radius 1 is 1.13 bits per heavy atom. The van der Waals surface area contributed by atoms with E-state index in [2.05, 4.69) is 0 Å². The third-order valence-electron chi connectivity index (χ3n) is 3.27. The average Bonchev–Trinajstić information content (AvgIpc) is 2.52. The van der Waals surface area contributed by atoms with E-state index in [4.69, 9.17) is 21.1 Å². The van der Waals surface area contributed by atoms with E-state index in [1.165, 1.54) is 4.90 Å². The standard InChI is InChI=1S/C17H24ClNO4/c1-4-11-19(17(21)23-6-3)15(16(20)22-5-2)12-13-9-7-8-10-14(13)18/h7-10,15H,4-6,11-12H2,1-3H3. The van der Waals surface area contributed by atoms with Gasteiger partial charge in [0.05, 0.1) is 13.2 Å². The van der Waals surface area contributed by atoms with Gasteiger partial charge in [-0.3, -0.25) is 4.90 Å². The van der Waals surface area contributed by atoms with Crippen molar-refractivity contribution in [3.63, 3.8) is 0 Å². The minimum absolute atomic E-state index is 0.251. The van der Waals surface area contributed by atoms with Crippen LogP contribution in [0.4, 0.5) is 4.79 Å². The van der Waals surface area contributed by atoms with Gasteiger partial charge in [-0.2, -0.15) is 0 Å². The predicted octanol–water partition coefficient (Wildman–Crippen LogP) is 3.68. The molecule has 0 aliphatic carbocycles. The van der Waals surface area contributed by atoms with E-state index < -0.39 is 18.1 Å². The van der Waals surface area contributed by atoms with Crippen molar-refractivity contribution >= 4 is 23.7 Å². The first-order valence-electron chi connectivity index (χ1n) is 7.88. The van der Waals surface area contributed by atoms with Crippen molar-refractivity contribution in [2.45, 2.75) is 39.7 Å². The molecule has 6 heteroatoms.